The number of carboxylic acids is 1. The monoisotopic (exact) mass is 380 g/mol. The molecule has 3 aliphatic heterocycles. The van der Waals surface area contributed by atoms with Crippen LogP contribution in [0.5, 0.6) is 5.75 Å². The Morgan fingerprint density at radius 1 is 1.15 bits per heavy atom. The lowest BCUT2D eigenvalue weighted by atomic mass is 9.74. The summed E-state index contributed by atoms with van der Waals surface area (Å²) in [5, 5.41) is 10.1. The third kappa shape index (κ3) is 2.80. The number of carboxylic acid groups (broad SMARTS) is 1. The van der Waals surface area contributed by atoms with Crippen molar-refractivity contribution in [1.82, 2.24) is 8.61 Å². The van der Waals surface area contributed by atoms with E-state index in [1.54, 1.807) is 0 Å². The Hall–Kier alpha value is -1.64. The van der Waals surface area contributed by atoms with E-state index in [-0.39, 0.29) is 32.0 Å². The van der Waals surface area contributed by atoms with Crippen LogP contribution in [0.2, 0.25) is 0 Å². The zero-order chi connectivity index (χ0) is 18.4. The van der Waals surface area contributed by atoms with Crippen LogP contribution in [-0.2, 0) is 21.4 Å². The highest BCUT2D eigenvalue weighted by molar-refractivity contribution is 7.86. The van der Waals surface area contributed by atoms with Crippen LogP contribution >= 0.6 is 0 Å². The molecule has 7 nitrogen and oxygen atoms in total. The van der Waals surface area contributed by atoms with Crippen molar-refractivity contribution in [3.8, 4) is 5.75 Å². The molecule has 8 heteroatoms. The van der Waals surface area contributed by atoms with E-state index in [1.165, 1.54) is 8.61 Å². The standard InChI is InChI=1S/C18H24N2O5S/c21-17(22)18-10-14-6-2-3-7-16(14)25-12-15(18)11-20(13-18)26(23,24)19-8-4-1-5-9-19/h2-3,6-7,15H,1,4-5,8-13H2,(H,21,22). The van der Waals surface area contributed by atoms with Crippen molar-refractivity contribution >= 4 is 16.2 Å². The van der Waals surface area contributed by atoms with Crippen LogP contribution in [0.15, 0.2) is 24.3 Å². The Morgan fingerprint density at radius 3 is 2.62 bits per heavy atom. The average Bonchev–Trinajstić information content (AvgIpc) is 2.95. The van der Waals surface area contributed by atoms with Crippen LogP contribution in [0, 0.1) is 11.3 Å². The highest BCUT2D eigenvalue weighted by Gasteiger charge is 2.57. The maximum atomic E-state index is 13.0. The second-order valence-electron chi connectivity index (χ2n) is 7.51. The first-order valence-electron chi connectivity index (χ1n) is 9.13. The normalized spacial score (nSPS) is 30.1. The van der Waals surface area contributed by atoms with Gasteiger partial charge in [0.1, 0.15) is 5.75 Å². The molecule has 0 amide bonds. The zero-order valence-electron chi connectivity index (χ0n) is 14.6. The summed E-state index contributed by atoms with van der Waals surface area (Å²) in [6.45, 7) is 1.45. The average molecular weight is 380 g/mol. The number of aliphatic carboxylic acids is 1. The molecule has 142 valence electrons. The zero-order valence-corrected chi connectivity index (χ0v) is 15.5. The van der Waals surface area contributed by atoms with E-state index < -0.39 is 21.6 Å². The predicted octanol–water partition coefficient (Wildman–Crippen LogP) is 1.35. The largest absolute Gasteiger partial charge is 0.493 e. The van der Waals surface area contributed by atoms with Gasteiger partial charge < -0.3 is 9.84 Å². The van der Waals surface area contributed by atoms with E-state index in [9.17, 15) is 18.3 Å². The van der Waals surface area contributed by atoms with Gasteiger partial charge in [-0.05, 0) is 30.9 Å². The number of para-hydroxylation sites is 1. The third-order valence-electron chi connectivity index (χ3n) is 5.98. The lowest BCUT2D eigenvalue weighted by Crippen LogP contribution is -2.47. The number of hydrogen-bond acceptors (Lipinski definition) is 4. The molecule has 1 aromatic carbocycles. The second kappa shape index (κ2) is 6.51. The maximum absolute atomic E-state index is 13.0. The Kier molecular flexibility index (Phi) is 4.45. The van der Waals surface area contributed by atoms with Crippen LogP contribution in [0.3, 0.4) is 0 Å². The van der Waals surface area contributed by atoms with Gasteiger partial charge in [-0.15, -0.1) is 0 Å². The van der Waals surface area contributed by atoms with Gasteiger partial charge in [0, 0.05) is 32.1 Å². The van der Waals surface area contributed by atoms with Crippen molar-refractivity contribution in [3.63, 3.8) is 0 Å². The molecule has 0 aromatic heterocycles. The quantitative estimate of drug-likeness (QED) is 0.855. The summed E-state index contributed by atoms with van der Waals surface area (Å²) in [6, 6.07) is 7.42. The number of carbonyl (C=O) groups is 1. The Bertz CT molecular complexity index is 806. The highest BCUT2D eigenvalue weighted by Crippen LogP contribution is 2.45. The molecule has 3 aliphatic rings. The van der Waals surface area contributed by atoms with Gasteiger partial charge in [0.15, 0.2) is 0 Å². The van der Waals surface area contributed by atoms with Crippen LogP contribution in [-0.4, -0.2) is 60.9 Å². The molecule has 0 bridgehead atoms. The van der Waals surface area contributed by atoms with Gasteiger partial charge >= 0.3 is 5.97 Å². The molecule has 26 heavy (non-hydrogen) atoms. The highest BCUT2D eigenvalue weighted by atomic mass is 32.2. The van der Waals surface area contributed by atoms with E-state index in [0.717, 1.165) is 24.8 Å². The summed E-state index contributed by atoms with van der Waals surface area (Å²) in [5.74, 6) is -0.612. The van der Waals surface area contributed by atoms with Crippen molar-refractivity contribution < 1.29 is 23.1 Å². The molecule has 1 aromatic rings. The number of rotatable bonds is 3. The molecule has 0 radical (unpaired) electrons. The van der Waals surface area contributed by atoms with Crippen molar-refractivity contribution in [1.29, 1.82) is 0 Å². The van der Waals surface area contributed by atoms with E-state index in [4.69, 9.17) is 4.74 Å². The minimum atomic E-state index is -3.63. The Balaban J connectivity index is 1.66. The lowest BCUT2D eigenvalue weighted by molar-refractivity contribution is -0.150. The molecule has 0 aliphatic carbocycles. The van der Waals surface area contributed by atoms with Crippen molar-refractivity contribution in [2.45, 2.75) is 25.7 Å². The molecule has 1 N–H and O–H groups in total. The molecule has 2 fully saturated rings. The maximum Gasteiger partial charge on any atom is 0.311 e. The van der Waals surface area contributed by atoms with Crippen molar-refractivity contribution in [2.75, 3.05) is 32.8 Å². The number of benzene rings is 1. The molecule has 4 rings (SSSR count). The minimum absolute atomic E-state index is 0.00350. The molecule has 2 unspecified atom stereocenters. The molecule has 0 saturated carbocycles. The molecule has 2 atom stereocenters. The van der Waals surface area contributed by atoms with Crippen molar-refractivity contribution in [2.24, 2.45) is 11.3 Å². The molecular formula is C18H24N2O5S. The summed E-state index contributed by atoms with van der Waals surface area (Å²) < 4.78 is 34.8. The lowest BCUT2D eigenvalue weighted by Gasteiger charge is -2.31. The van der Waals surface area contributed by atoms with E-state index >= 15 is 0 Å². The number of nitrogens with zero attached hydrogens (tertiary/aromatic N) is 2. The van der Waals surface area contributed by atoms with E-state index in [0.29, 0.717) is 18.8 Å². The third-order valence-corrected chi connectivity index (χ3v) is 7.92. The van der Waals surface area contributed by atoms with Crippen LogP contribution < -0.4 is 4.74 Å². The first kappa shape index (κ1) is 17.8. The minimum Gasteiger partial charge on any atom is -0.493 e. The number of fused-ring (bicyclic) bond motifs is 2. The SMILES string of the molecule is O=C(O)C12Cc3ccccc3OCC1CN(S(=O)(=O)N1CCCCC1)C2. The van der Waals surface area contributed by atoms with Gasteiger partial charge in [0.2, 0.25) is 0 Å². The summed E-state index contributed by atoms with van der Waals surface area (Å²) in [5.41, 5.74) is -0.315. The second-order valence-corrected chi connectivity index (χ2v) is 9.44. The molecule has 3 heterocycles. The fourth-order valence-electron chi connectivity index (χ4n) is 4.41. The summed E-state index contributed by atoms with van der Waals surface area (Å²) >= 11 is 0. The first-order chi connectivity index (χ1) is 12.4. The van der Waals surface area contributed by atoms with E-state index in [1.807, 2.05) is 24.3 Å². The topological polar surface area (TPSA) is 87.1 Å². The van der Waals surface area contributed by atoms with E-state index in [2.05, 4.69) is 0 Å². The van der Waals surface area contributed by atoms with Crippen LogP contribution in [0.4, 0.5) is 0 Å². The van der Waals surface area contributed by atoms with Gasteiger partial charge in [-0.2, -0.15) is 17.0 Å². The summed E-state index contributed by atoms with van der Waals surface area (Å²) in [6.07, 6.45) is 3.04. The van der Waals surface area contributed by atoms with Gasteiger partial charge in [-0.25, -0.2) is 0 Å². The fraction of sp³-hybridized carbons (Fsp3) is 0.611. The summed E-state index contributed by atoms with van der Waals surface area (Å²) in [7, 11) is -3.63. The number of piperidine rings is 1. The molecule has 0 spiro atoms. The first-order valence-corrected chi connectivity index (χ1v) is 10.5. The van der Waals surface area contributed by atoms with Gasteiger partial charge in [-0.3, -0.25) is 4.79 Å². The predicted molar refractivity (Wildman–Crippen MR) is 95.1 cm³/mol. The van der Waals surface area contributed by atoms with Crippen LogP contribution in [0.25, 0.3) is 0 Å². The smallest absolute Gasteiger partial charge is 0.311 e. The Morgan fingerprint density at radius 2 is 1.88 bits per heavy atom. The Labute approximate surface area is 153 Å². The molecule has 2 saturated heterocycles. The van der Waals surface area contributed by atoms with Gasteiger partial charge in [0.25, 0.3) is 10.2 Å². The molecular weight excluding hydrogens is 356 g/mol. The van der Waals surface area contributed by atoms with Gasteiger partial charge in [-0.1, -0.05) is 24.6 Å². The van der Waals surface area contributed by atoms with Crippen molar-refractivity contribution in [3.05, 3.63) is 29.8 Å². The fourth-order valence-corrected chi connectivity index (χ4v) is 6.22. The van der Waals surface area contributed by atoms with Crippen LogP contribution in [0.1, 0.15) is 24.8 Å². The number of hydrogen-bond donors (Lipinski definition) is 1. The summed E-state index contributed by atoms with van der Waals surface area (Å²) in [4.78, 5) is 12.3. The number of ether oxygens (including phenoxy) is 1. The van der Waals surface area contributed by atoms with Gasteiger partial charge in [0.05, 0.1) is 12.0 Å².